The molecule has 0 saturated carbocycles. The predicted octanol–water partition coefficient (Wildman–Crippen LogP) is -0.638. The molecule has 54 valence electrons. The summed E-state index contributed by atoms with van der Waals surface area (Å²) in [7, 11) is 0. The minimum atomic E-state index is -0.825. The van der Waals surface area contributed by atoms with Crippen molar-refractivity contribution in [2.75, 3.05) is 17.2 Å². The Morgan fingerprint density at radius 2 is 1.40 bits per heavy atom. The summed E-state index contributed by atoms with van der Waals surface area (Å²) >= 11 is 0. The molecule has 0 unspecified atom stereocenters. The highest BCUT2D eigenvalue weighted by Crippen LogP contribution is 2.12. The topological polar surface area (TPSA) is 104 Å². The lowest BCUT2D eigenvalue weighted by atomic mass is 10.5. The molecule has 0 atom stereocenters. The summed E-state index contributed by atoms with van der Waals surface area (Å²) in [5.74, 6) is -1.61. The van der Waals surface area contributed by atoms with Gasteiger partial charge in [0.2, 0.25) is 11.8 Å². The number of nitrogen functional groups attached to an aromatic ring is 3. The SMILES string of the molecule is Nc1nc(N)c(F)c(N)n1. The van der Waals surface area contributed by atoms with Crippen LogP contribution in [0.4, 0.5) is 22.0 Å². The maximum Gasteiger partial charge on any atom is 0.224 e. The van der Waals surface area contributed by atoms with Crippen LogP contribution in [0, 0.1) is 5.82 Å². The summed E-state index contributed by atoms with van der Waals surface area (Å²) < 4.78 is 12.5. The summed E-state index contributed by atoms with van der Waals surface area (Å²) in [5, 5.41) is 0. The molecule has 10 heavy (non-hydrogen) atoms. The zero-order valence-electron chi connectivity index (χ0n) is 5.00. The Labute approximate surface area is 56.1 Å². The normalized spacial score (nSPS) is 9.70. The predicted molar refractivity (Wildman–Crippen MR) is 35.2 cm³/mol. The molecule has 0 spiro atoms. The first-order valence-corrected chi connectivity index (χ1v) is 2.45. The molecule has 0 aromatic carbocycles. The molecule has 1 heterocycles. The van der Waals surface area contributed by atoms with Crippen LogP contribution in [-0.4, -0.2) is 9.97 Å². The average molecular weight is 143 g/mol. The zero-order valence-corrected chi connectivity index (χ0v) is 5.00. The fourth-order valence-corrected chi connectivity index (χ4v) is 0.501. The van der Waals surface area contributed by atoms with Crippen LogP contribution in [0.25, 0.3) is 0 Å². The third-order valence-electron chi connectivity index (χ3n) is 0.920. The Hall–Kier alpha value is -1.59. The molecule has 0 radical (unpaired) electrons. The molecule has 5 nitrogen and oxygen atoms in total. The highest BCUT2D eigenvalue weighted by Gasteiger charge is 2.05. The zero-order chi connectivity index (χ0) is 7.72. The molecule has 0 aliphatic rings. The largest absolute Gasteiger partial charge is 0.381 e. The number of halogens is 1. The Kier molecular flexibility index (Phi) is 1.29. The molecule has 0 saturated heterocycles. The van der Waals surface area contributed by atoms with Gasteiger partial charge >= 0.3 is 0 Å². The number of hydrogen-bond donors (Lipinski definition) is 3. The molecular weight excluding hydrogens is 137 g/mol. The van der Waals surface area contributed by atoms with Crippen LogP contribution in [0.1, 0.15) is 0 Å². The lowest BCUT2D eigenvalue weighted by molar-refractivity contribution is 0.626. The lowest BCUT2D eigenvalue weighted by Gasteiger charge is -1.98. The number of rotatable bonds is 0. The quantitative estimate of drug-likeness (QED) is 0.448. The molecule has 0 aliphatic heterocycles. The summed E-state index contributed by atoms with van der Waals surface area (Å²) in [5.41, 5.74) is 15.2. The van der Waals surface area contributed by atoms with Crippen LogP contribution < -0.4 is 17.2 Å². The van der Waals surface area contributed by atoms with Gasteiger partial charge in [0.05, 0.1) is 0 Å². The molecule has 1 rings (SSSR count). The van der Waals surface area contributed by atoms with Crippen LogP contribution in [0.5, 0.6) is 0 Å². The van der Waals surface area contributed by atoms with E-state index in [-0.39, 0.29) is 17.6 Å². The monoisotopic (exact) mass is 143 g/mol. The molecule has 0 bridgehead atoms. The van der Waals surface area contributed by atoms with Gasteiger partial charge in [-0.1, -0.05) is 0 Å². The second-order valence-electron chi connectivity index (χ2n) is 1.67. The first kappa shape index (κ1) is 6.53. The van der Waals surface area contributed by atoms with Crippen molar-refractivity contribution < 1.29 is 4.39 Å². The van der Waals surface area contributed by atoms with E-state index in [1.807, 2.05) is 0 Å². The van der Waals surface area contributed by atoms with Crippen molar-refractivity contribution in [2.45, 2.75) is 0 Å². The van der Waals surface area contributed by atoms with E-state index in [1.165, 1.54) is 0 Å². The fourth-order valence-electron chi connectivity index (χ4n) is 0.501. The van der Waals surface area contributed by atoms with Gasteiger partial charge in [0.15, 0.2) is 11.6 Å². The molecule has 6 heteroatoms. The maximum absolute atomic E-state index is 12.5. The molecule has 0 aliphatic carbocycles. The van der Waals surface area contributed by atoms with Crippen LogP contribution in [0.15, 0.2) is 0 Å². The Balaban J connectivity index is 3.31. The van der Waals surface area contributed by atoms with Crippen molar-refractivity contribution >= 4 is 17.6 Å². The third-order valence-corrected chi connectivity index (χ3v) is 0.920. The molecule has 1 aromatic rings. The molecule has 0 amide bonds. The fraction of sp³-hybridized carbons (Fsp3) is 0. The van der Waals surface area contributed by atoms with Crippen molar-refractivity contribution in [1.82, 2.24) is 9.97 Å². The average Bonchev–Trinajstić information content (AvgIpc) is 1.82. The second-order valence-corrected chi connectivity index (χ2v) is 1.67. The number of nitrogens with zero attached hydrogens (tertiary/aromatic N) is 2. The van der Waals surface area contributed by atoms with E-state index in [0.717, 1.165) is 0 Å². The second kappa shape index (κ2) is 1.98. The minimum Gasteiger partial charge on any atom is -0.381 e. The van der Waals surface area contributed by atoms with Gasteiger partial charge in [0.25, 0.3) is 0 Å². The Bertz CT molecular complexity index is 237. The number of hydrogen-bond acceptors (Lipinski definition) is 5. The van der Waals surface area contributed by atoms with Crippen molar-refractivity contribution in [2.24, 2.45) is 0 Å². The Morgan fingerprint density at radius 1 is 1.00 bits per heavy atom. The van der Waals surface area contributed by atoms with E-state index in [1.54, 1.807) is 0 Å². The van der Waals surface area contributed by atoms with E-state index < -0.39 is 5.82 Å². The van der Waals surface area contributed by atoms with E-state index in [4.69, 9.17) is 17.2 Å². The minimum absolute atomic E-state index is 0.128. The molecule has 0 fully saturated rings. The van der Waals surface area contributed by atoms with Crippen molar-refractivity contribution in [3.8, 4) is 0 Å². The van der Waals surface area contributed by atoms with Gasteiger partial charge < -0.3 is 17.2 Å². The molecule has 6 N–H and O–H groups in total. The number of aromatic nitrogens is 2. The van der Waals surface area contributed by atoms with Crippen molar-refractivity contribution in [3.05, 3.63) is 5.82 Å². The van der Waals surface area contributed by atoms with Gasteiger partial charge in [-0.2, -0.15) is 14.4 Å². The highest BCUT2D eigenvalue weighted by atomic mass is 19.1. The van der Waals surface area contributed by atoms with Crippen LogP contribution in [0.3, 0.4) is 0 Å². The first-order chi connectivity index (χ1) is 4.61. The van der Waals surface area contributed by atoms with Gasteiger partial charge in [-0.3, -0.25) is 0 Å². The third kappa shape index (κ3) is 0.903. The van der Waals surface area contributed by atoms with Crippen molar-refractivity contribution in [3.63, 3.8) is 0 Å². The summed E-state index contributed by atoms with van der Waals surface area (Å²) in [6, 6.07) is 0. The standard InChI is InChI=1S/C4H6FN5/c5-1-2(6)9-4(8)10-3(1)7/h(H6,6,7,8,9,10). The van der Waals surface area contributed by atoms with E-state index in [0.29, 0.717) is 0 Å². The number of anilines is 3. The molecule has 1 aromatic heterocycles. The summed E-state index contributed by atoms with van der Waals surface area (Å²) in [6.07, 6.45) is 0. The van der Waals surface area contributed by atoms with Crippen LogP contribution >= 0.6 is 0 Å². The van der Waals surface area contributed by atoms with Gasteiger partial charge in [0.1, 0.15) is 0 Å². The maximum atomic E-state index is 12.5. The van der Waals surface area contributed by atoms with Gasteiger partial charge in [-0.15, -0.1) is 0 Å². The first-order valence-electron chi connectivity index (χ1n) is 2.45. The van der Waals surface area contributed by atoms with Crippen molar-refractivity contribution in [1.29, 1.82) is 0 Å². The van der Waals surface area contributed by atoms with Crippen LogP contribution in [0.2, 0.25) is 0 Å². The van der Waals surface area contributed by atoms with Crippen LogP contribution in [-0.2, 0) is 0 Å². The highest BCUT2D eigenvalue weighted by molar-refractivity contribution is 5.47. The summed E-state index contributed by atoms with van der Waals surface area (Å²) in [6.45, 7) is 0. The van der Waals surface area contributed by atoms with Gasteiger partial charge in [-0.25, -0.2) is 0 Å². The number of nitrogens with two attached hydrogens (primary N) is 3. The van der Waals surface area contributed by atoms with Gasteiger partial charge in [0, 0.05) is 0 Å². The lowest BCUT2D eigenvalue weighted by Crippen LogP contribution is -2.06. The molecular formula is C4H6FN5. The smallest absolute Gasteiger partial charge is 0.224 e. The van der Waals surface area contributed by atoms with Gasteiger partial charge in [-0.05, 0) is 0 Å². The summed E-state index contributed by atoms with van der Waals surface area (Å²) in [4.78, 5) is 6.65. The van der Waals surface area contributed by atoms with E-state index in [2.05, 4.69) is 9.97 Å². The van der Waals surface area contributed by atoms with E-state index in [9.17, 15) is 4.39 Å². The Morgan fingerprint density at radius 3 is 1.80 bits per heavy atom. The van der Waals surface area contributed by atoms with E-state index >= 15 is 0 Å².